The third-order valence-electron chi connectivity index (χ3n) is 2.41. The summed E-state index contributed by atoms with van der Waals surface area (Å²) in [5.41, 5.74) is 1.01. The smallest absolute Gasteiger partial charge is 0.0146 e. The molecular weight excluding hydrogens is 362 g/mol. The van der Waals surface area contributed by atoms with Gasteiger partial charge in [0.2, 0.25) is 0 Å². The monoisotopic (exact) mass is 371 g/mol. The van der Waals surface area contributed by atoms with E-state index < -0.39 is 0 Å². The van der Waals surface area contributed by atoms with E-state index in [0.717, 1.165) is 10.9 Å². The largest absolute Gasteiger partial charge is 0.306 e. The Balaban J connectivity index is 0.000000853. The van der Waals surface area contributed by atoms with Gasteiger partial charge in [-0.25, -0.2) is 0 Å². The number of fused-ring (bicyclic) bond motifs is 3. The molecule has 1 radical (unpaired) electrons. The maximum Gasteiger partial charge on any atom is 0.0146 e. The van der Waals surface area contributed by atoms with Gasteiger partial charge >= 0.3 is 0 Å². The minimum Gasteiger partial charge on any atom is -0.306 e. The molecule has 1 aromatic heterocycles. The summed E-state index contributed by atoms with van der Waals surface area (Å²) >= 11 is 0. The molecule has 0 unspecified atom stereocenters. The van der Waals surface area contributed by atoms with Crippen LogP contribution >= 0.6 is 0 Å². The van der Waals surface area contributed by atoms with Crippen LogP contribution in [0, 0.1) is 6.07 Å². The minimum atomic E-state index is 0. The normalized spacial score (nSPS) is 10.1. The SMILES string of the molecule is [Ir].[c-]1cccc2ncc3ccccc3c12. The van der Waals surface area contributed by atoms with Gasteiger partial charge < -0.3 is 4.98 Å². The summed E-state index contributed by atoms with van der Waals surface area (Å²) in [6.07, 6.45) is 1.91. The van der Waals surface area contributed by atoms with E-state index in [1.54, 1.807) is 0 Å². The van der Waals surface area contributed by atoms with Gasteiger partial charge in [-0.05, 0) is 10.9 Å². The van der Waals surface area contributed by atoms with Gasteiger partial charge in [-0.3, -0.25) is 0 Å². The summed E-state index contributed by atoms with van der Waals surface area (Å²) in [5.74, 6) is 0. The standard InChI is InChI=1S/C13H8N.Ir/c1-2-6-11-10(5-1)9-14-13-8-4-3-7-12(11)13;/h1-6,8-9H;/q-1;. The molecule has 2 heteroatoms. The van der Waals surface area contributed by atoms with Crippen LogP contribution in [0.4, 0.5) is 0 Å². The number of rotatable bonds is 0. The van der Waals surface area contributed by atoms with Crippen LogP contribution in [-0.4, -0.2) is 4.98 Å². The Morgan fingerprint density at radius 3 is 2.80 bits per heavy atom. The maximum atomic E-state index is 4.38. The fourth-order valence-electron chi connectivity index (χ4n) is 1.73. The van der Waals surface area contributed by atoms with Crippen molar-refractivity contribution in [3.8, 4) is 0 Å². The molecule has 0 fully saturated rings. The van der Waals surface area contributed by atoms with Crippen molar-refractivity contribution >= 4 is 21.7 Å². The van der Waals surface area contributed by atoms with Crippen molar-refractivity contribution < 1.29 is 20.1 Å². The van der Waals surface area contributed by atoms with Gasteiger partial charge in [-0.1, -0.05) is 29.7 Å². The zero-order chi connectivity index (χ0) is 9.38. The van der Waals surface area contributed by atoms with E-state index >= 15 is 0 Å². The van der Waals surface area contributed by atoms with Crippen LogP contribution < -0.4 is 0 Å². The molecule has 0 saturated carbocycles. The Kier molecular flexibility index (Phi) is 2.81. The van der Waals surface area contributed by atoms with Crippen LogP contribution in [-0.2, 0) is 20.1 Å². The molecule has 0 atom stereocenters. The third-order valence-corrected chi connectivity index (χ3v) is 2.41. The number of aromatic nitrogens is 1. The zero-order valence-corrected chi connectivity index (χ0v) is 10.3. The van der Waals surface area contributed by atoms with Gasteiger partial charge in [0.15, 0.2) is 0 Å². The Morgan fingerprint density at radius 1 is 1.00 bits per heavy atom. The van der Waals surface area contributed by atoms with Crippen LogP contribution in [0.25, 0.3) is 21.7 Å². The predicted octanol–water partition coefficient (Wildman–Crippen LogP) is 3.19. The number of benzene rings is 2. The van der Waals surface area contributed by atoms with E-state index in [2.05, 4.69) is 23.2 Å². The Bertz CT molecular complexity index is 550. The van der Waals surface area contributed by atoms with E-state index in [0.29, 0.717) is 0 Å². The molecule has 0 bridgehead atoms. The topological polar surface area (TPSA) is 12.9 Å². The van der Waals surface area contributed by atoms with Crippen molar-refractivity contribution in [2.45, 2.75) is 0 Å². The number of pyridine rings is 1. The van der Waals surface area contributed by atoms with E-state index in [1.807, 2.05) is 36.5 Å². The Hall–Kier alpha value is -1.24. The van der Waals surface area contributed by atoms with Crippen molar-refractivity contribution in [2.75, 3.05) is 0 Å². The predicted molar refractivity (Wildman–Crippen MR) is 58.1 cm³/mol. The van der Waals surface area contributed by atoms with Crippen LogP contribution in [0.5, 0.6) is 0 Å². The minimum absolute atomic E-state index is 0. The molecule has 1 heterocycles. The summed E-state index contributed by atoms with van der Waals surface area (Å²) in [4.78, 5) is 4.38. The molecule has 15 heavy (non-hydrogen) atoms. The second-order valence-electron chi connectivity index (χ2n) is 3.28. The average molecular weight is 370 g/mol. The molecule has 0 saturated heterocycles. The van der Waals surface area contributed by atoms with Crippen LogP contribution in [0.2, 0.25) is 0 Å². The van der Waals surface area contributed by atoms with Crippen LogP contribution in [0.15, 0.2) is 48.7 Å². The molecule has 3 rings (SSSR count). The van der Waals surface area contributed by atoms with Gasteiger partial charge in [-0.15, -0.1) is 29.7 Å². The fourth-order valence-corrected chi connectivity index (χ4v) is 1.73. The molecule has 3 aromatic rings. The first-order valence-corrected chi connectivity index (χ1v) is 4.59. The molecule has 0 amide bonds. The molecule has 0 aliphatic rings. The van der Waals surface area contributed by atoms with E-state index in [9.17, 15) is 0 Å². The summed E-state index contributed by atoms with van der Waals surface area (Å²) in [7, 11) is 0. The molecular formula is C13H8IrN-. The van der Waals surface area contributed by atoms with Gasteiger partial charge in [-0.2, -0.15) is 0 Å². The van der Waals surface area contributed by atoms with Crippen molar-refractivity contribution in [3.05, 3.63) is 54.7 Å². The van der Waals surface area contributed by atoms with Gasteiger partial charge in [0.25, 0.3) is 0 Å². The molecule has 1 nitrogen and oxygen atoms in total. The first kappa shape index (κ1) is 10.3. The van der Waals surface area contributed by atoms with Crippen molar-refractivity contribution in [2.24, 2.45) is 0 Å². The maximum absolute atomic E-state index is 4.38. The second-order valence-corrected chi connectivity index (χ2v) is 3.28. The van der Waals surface area contributed by atoms with Gasteiger partial charge in [0.05, 0.1) is 0 Å². The zero-order valence-electron chi connectivity index (χ0n) is 7.90. The Labute approximate surface area is 101 Å². The quantitative estimate of drug-likeness (QED) is 0.438. The molecule has 0 aliphatic heterocycles. The first-order valence-electron chi connectivity index (χ1n) is 4.59. The summed E-state index contributed by atoms with van der Waals surface area (Å²) < 4.78 is 0. The van der Waals surface area contributed by atoms with Crippen LogP contribution in [0.3, 0.4) is 0 Å². The van der Waals surface area contributed by atoms with Gasteiger partial charge in [0.1, 0.15) is 0 Å². The van der Waals surface area contributed by atoms with Crippen molar-refractivity contribution in [3.63, 3.8) is 0 Å². The molecule has 0 N–H and O–H groups in total. The summed E-state index contributed by atoms with van der Waals surface area (Å²) in [6, 6.07) is 17.4. The average Bonchev–Trinajstić information content (AvgIpc) is 2.29. The summed E-state index contributed by atoms with van der Waals surface area (Å²) in [6.45, 7) is 0. The van der Waals surface area contributed by atoms with Crippen molar-refractivity contribution in [1.29, 1.82) is 0 Å². The van der Waals surface area contributed by atoms with E-state index in [4.69, 9.17) is 0 Å². The fraction of sp³-hybridized carbons (Fsp3) is 0. The van der Waals surface area contributed by atoms with Gasteiger partial charge in [0, 0.05) is 26.3 Å². The second kappa shape index (κ2) is 4.09. The summed E-state index contributed by atoms with van der Waals surface area (Å²) in [5, 5.41) is 3.49. The number of hydrogen-bond acceptors (Lipinski definition) is 1. The van der Waals surface area contributed by atoms with Crippen molar-refractivity contribution in [1.82, 2.24) is 4.98 Å². The Morgan fingerprint density at radius 2 is 1.87 bits per heavy atom. The number of nitrogens with zero attached hydrogens (tertiary/aromatic N) is 1. The first-order chi connectivity index (χ1) is 6.95. The molecule has 0 aliphatic carbocycles. The molecule has 0 spiro atoms. The van der Waals surface area contributed by atoms with E-state index in [1.165, 1.54) is 10.8 Å². The number of hydrogen-bond donors (Lipinski definition) is 0. The third kappa shape index (κ3) is 1.67. The molecule has 75 valence electrons. The van der Waals surface area contributed by atoms with E-state index in [-0.39, 0.29) is 20.1 Å². The molecule has 2 aromatic carbocycles. The van der Waals surface area contributed by atoms with Crippen LogP contribution in [0.1, 0.15) is 0 Å².